The third-order valence-electron chi connectivity index (χ3n) is 2.30. The van der Waals surface area contributed by atoms with Crippen molar-refractivity contribution in [2.45, 2.75) is 18.5 Å². The maximum atomic E-state index is 10.5. The highest BCUT2D eigenvalue weighted by Gasteiger charge is 2.39. The summed E-state index contributed by atoms with van der Waals surface area (Å²) < 4.78 is 0. The summed E-state index contributed by atoms with van der Waals surface area (Å²) in [6, 6.07) is 0.684. The van der Waals surface area contributed by atoms with E-state index >= 15 is 0 Å². The van der Waals surface area contributed by atoms with E-state index in [-0.39, 0.29) is 6.04 Å². The van der Waals surface area contributed by atoms with E-state index in [1.54, 1.807) is 0 Å². The zero-order valence-corrected chi connectivity index (χ0v) is 5.58. The highest BCUT2D eigenvalue weighted by Crippen LogP contribution is 2.22. The van der Waals surface area contributed by atoms with Gasteiger partial charge >= 0.3 is 6.09 Å². The molecule has 2 N–H and O–H groups in total. The van der Waals surface area contributed by atoms with Crippen LogP contribution in [0.3, 0.4) is 0 Å². The van der Waals surface area contributed by atoms with E-state index in [0.717, 1.165) is 13.0 Å². The van der Waals surface area contributed by atoms with E-state index in [1.807, 2.05) is 0 Å². The molecule has 0 aromatic rings. The van der Waals surface area contributed by atoms with E-state index in [2.05, 4.69) is 5.32 Å². The SMILES string of the molecule is O=C(O)N1C[C@@H]2C[C@H]1CN2. The highest BCUT2D eigenvalue weighted by molar-refractivity contribution is 5.66. The van der Waals surface area contributed by atoms with E-state index in [0.29, 0.717) is 12.6 Å². The summed E-state index contributed by atoms with van der Waals surface area (Å²) >= 11 is 0. The molecule has 0 radical (unpaired) electrons. The van der Waals surface area contributed by atoms with E-state index < -0.39 is 6.09 Å². The van der Waals surface area contributed by atoms with Crippen molar-refractivity contribution in [2.75, 3.05) is 13.1 Å². The summed E-state index contributed by atoms with van der Waals surface area (Å²) in [5, 5.41) is 11.9. The van der Waals surface area contributed by atoms with Crippen LogP contribution in [-0.4, -0.2) is 41.3 Å². The number of hydrogen-bond donors (Lipinski definition) is 2. The zero-order valence-electron chi connectivity index (χ0n) is 5.58. The van der Waals surface area contributed by atoms with Crippen LogP contribution in [0.15, 0.2) is 0 Å². The molecule has 2 fully saturated rings. The van der Waals surface area contributed by atoms with Crippen LogP contribution in [0, 0.1) is 0 Å². The van der Waals surface area contributed by atoms with Crippen LogP contribution < -0.4 is 5.32 Å². The van der Waals surface area contributed by atoms with Gasteiger partial charge in [0.2, 0.25) is 0 Å². The first-order chi connectivity index (χ1) is 4.77. The first kappa shape index (κ1) is 5.97. The number of fused-ring (bicyclic) bond motifs is 2. The molecule has 10 heavy (non-hydrogen) atoms. The van der Waals surface area contributed by atoms with E-state index in [4.69, 9.17) is 5.11 Å². The minimum atomic E-state index is -0.769. The number of amides is 1. The van der Waals surface area contributed by atoms with Gasteiger partial charge in [0, 0.05) is 25.2 Å². The summed E-state index contributed by atoms with van der Waals surface area (Å²) in [6.45, 7) is 1.52. The van der Waals surface area contributed by atoms with Gasteiger partial charge in [0.15, 0.2) is 0 Å². The van der Waals surface area contributed by atoms with E-state index in [9.17, 15) is 4.79 Å². The minimum absolute atomic E-state index is 0.252. The Morgan fingerprint density at radius 1 is 1.70 bits per heavy atom. The number of nitrogens with one attached hydrogen (secondary N) is 1. The van der Waals surface area contributed by atoms with Gasteiger partial charge in [-0.3, -0.25) is 0 Å². The monoisotopic (exact) mass is 142 g/mol. The molecule has 0 aromatic carbocycles. The highest BCUT2D eigenvalue weighted by atomic mass is 16.4. The van der Waals surface area contributed by atoms with Crippen LogP contribution in [0.25, 0.3) is 0 Å². The summed E-state index contributed by atoms with van der Waals surface area (Å²) in [5.41, 5.74) is 0. The quantitative estimate of drug-likeness (QED) is 0.488. The van der Waals surface area contributed by atoms with Crippen molar-refractivity contribution in [3.8, 4) is 0 Å². The molecule has 2 heterocycles. The van der Waals surface area contributed by atoms with Crippen LogP contribution >= 0.6 is 0 Å². The first-order valence-corrected chi connectivity index (χ1v) is 3.50. The number of rotatable bonds is 0. The van der Waals surface area contributed by atoms with Crippen molar-refractivity contribution in [3.63, 3.8) is 0 Å². The fourth-order valence-corrected chi connectivity index (χ4v) is 1.80. The van der Waals surface area contributed by atoms with E-state index in [1.165, 1.54) is 4.90 Å². The molecular weight excluding hydrogens is 132 g/mol. The predicted molar refractivity (Wildman–Crippen MR) is 34.9 cm³/mol. The number of piperazine rings is 1. The molecule has 4 heteroatoms. The summed E-state index contributed by atoms with van der Waals surface area (Å²) in [7, 11) is 0. The van der Waals surface area contributed by atoms with Crippen LogP contribution in [-0.2, 0) is 0 Å². The van der Waals surface area contributed by atoms with Crippen molar-refractivity contribution in [3.05, 3.63) is 0 Å². The Labute approximate surface area is 58.8 Å². The number of carboxylic acid groups (broad SMARTS) is 1. The lowest BCUT2D eigenvalue weighted by Crippen LogP contribution is -2.45. The third-order valence-corrected chi connectivity index (χ3v) is 2.30. The molecule has 0 spiro atoms. The van der Waals surface area contributed by atoms with Crippen molar-refractivity contribution >= 4 is 6.09 Å². The average Bonchev–Trinajstić information content (AvgIpc) is 2.44. The van der Waals surface area contributed by atoms with Gasteiger partial charge in [-0.25, -0.2) is 4.79 Å². The van der Waals surface area contributed by atoms with Gasteiger partial charge in [0.1, 0.15) is 0 Å². The number of nitrogens with zero attached hydrogens (tertiary/aromatic N) is 1. The van der Waals surface area contributed by atoms with Gasteiger partial charge < -0.3 is 15.3 Å². The normalized spacial score (nSPS) is 37.0. The molecule has 0 saturated carbocycles. The Bertz CT molecular complexity index is 171. The molecule has 0 unspecified atom stereocenters. The lowest BCUT2D eigenvalue weighted by Gasteiger charge is -2.23. The van der Waals surface area contributed by atoms with Crippen molar-refractivity contribution in [1.82, 2.24) is 10.2 Å². The second-order valence-corrected chi connectivity index (χ2v) is 2.93. The fraction of sp³-hybridized carbons (Fsp3) is 0.833. The minimum Gasteiger partial charge on any atom is -0.465 e. The third kappa shape index (κ3) is 0.686. The molecule has 2 aliphatic rings. The maximum absolute atomic E-state index is 10.5. The van der Waals surface area contributed by atoms with Crippen LogP contribution in [0.1, 0.15) is 6.42 Å². The van der Waals surface area contributed by atoms with Crippen LogP contribution in [0.2, 0.25) is 0 Å². The fourth-order valence-electron chi connectivity index (χ4n) is 1.80. The second kappa shape index (κ2) is 1.85. The van der Waals surface area contributed by atoms with Crippen LogP contribution in [0.5, 0.6) is 0 Å². The molecule has 2 bridgehead atoms. The second-order valence-electron chi connectivity index (χ2n) is 2.93. The first-order valence-electron chi connectivity index (χ1n) is 3.50. The molecule has 4 nitrogen and oxygen atoms in total. The van der Waals surface area contributed by atoms with Crippen molar-refractivity contribution < 1.29 is 9.90 Å². The molecule has 2 saturated heterocycles. The van der Waals surface area contributed by atoms with Gasteiger partial charge in [0.05, 0.1) is 0 Å². The summed E-state index contributed by atoms with van der Waals surface area (Å²) in [4.78, 5) is 12.0. The van der Waals surface area contributed by atoms with Crippen molar-refractivity contribution in [1.29, 1.82) is 0 Å². The van der Waals surface area contributed by atoms with Gasteiger partial charge in [-0.1, -0.05) is 0 Å². The standard InChI is InChI=1S/C6H10N2O2/c9-6(10)8-3-4-1-5(8)2-7-4/h4-5,7H,1-3H2,(H,9,10)/t4-,5-/m0/s1. The predicted octanol–water partition coefficient (Wildman–Crippen LogP) is -0.289. The van der Waals surface area contributed by atoms with Crippen molar-refractivity contribution in [2.24, 2.45) is 0 Å². The molecular formula is C6H10N2O2. The Balaban J connectivity index is 2.08. The lowest BCUT2D eigenvalue weighted by atomic mass is 10.2. The molecule has 56 valence electrons. The van der Waals surface area contributed by atoms with Gasteiger partial charge in [-0.05, 0) is 6.42 Å². The largest absolute Gasteiger partial charge is 0.465 e. The Kier molecular flexibility index (Phi) is 1.11. The average molecular weight is 142 g/mol. The zero-order chi connectivity index (χ0) is 7.14. The maximum Gasteiger partial charge on any atom is 0.407 e. The number of carbonyl (C=O) groups is 1. The number of hydrogen-bond acceptors (Lipinski definition) is 2. The summed E-state index contributed by atoms with van der Waals surface area (Å²) in [5.74, 6) is 0. The summed E-state index contributed by atoms with van der Waals surface area (Å²) in [6.07, 6.45) is 0.237. The van der Waals surface area contributed by atoms with Gasteiger partial charge in [-0.2, -0.15) is 0 Å². The molecule has 2 atom stereocenters. The molecule has 2 aliphatic heterocycles. The molecule has 1 amide bonds. The Hall–Kier alpha value is -0.770. The van der Waals surface area contributed by atoms with Gasteiger partial charge in [0.25, 0.3) is 0 Å². The smallest absolute Gasteiger partial charge is 0.407 e. The topological polar surface area (TPSA) is 52.6 Å². The lowest BCUT2D eigenvalue weighted by molar-refractivity contribution is 0.134. The number of likely N-dealkylation sites (tertiary alicyclic amines) is 1. The van der Waals surface area contributed by atoms with Gasteiger partial charge in [-0.15, -0.1) is 0 Å². The molecule has 2 rings (SSSR count). The Morgan fingerprint density at radius 3 is 2.80 bits per heavy atom. The van der Waals surface area contributed by atoms with Crippen LogP contribution in [0.4, 0.5) is 4.79 Å². The Morgan fingerprint density at radius 2 is 2.50 bits per heavy atom. The molecule has 0 aromatic heterocycles. The molecule has 0 aliphatic carbocycles.